The first kappa shape index (κ1) is 17.8. The van der Waals surface area contributed by atoms with Gasteiger partial charge in [-0.1, -0.05) is 23.7 Å². The topological polar surface area (TPSA) is 67.8 Å². The summed E-state index contributed by atoms with van der Waals surface area (Å²) in [7, 11) is -2.67. The number of halogens is 2. The van der Waals surface area contributed by atoms with Crippen LogP contribution in [0.25, 0.3) is 0 Å². The fourth-order valence-corrected chi connectivity index (χ4v) is 3.03. The summed E-state index contributed by atoms with van der Waals surface area (Å²) in [5.41, 5.74) is 1.80. The lowest BCUT2D eigenvalue weighted by molar-refractivity contribution is 0.115. The van der Waals surface area contributed by atoms with Crippen molar-refractivity contribution in [1.29, 1.82) is 0 Å². The molecule has 0 fully saturated rings. The third kappa shape index (κ3) is 4.00. The van der Waals surface area contributed by atoms with Crippen LogP contribution in [0, 0.1) is 5.82 Å². The summed E-state index contributed by atoms with van der Waals surface area (Å²) in [5, 5.41) is 0.0454. The van der Waals surface area contributed by atoms with Crippen molar-refractivity contribution >= 4 is 28.2 Å². The molecule has 3 rings (SSSR count). The molecular formula is C17H16ClFN2O3S. The van der Waals surface area contributed by atoms with Gasteiger partial charge in [-0.25, -0.2) is 22.5 Å². The molecule has 0 atom stereocenters. The number of rotatable bonds is 4. The van der Waals surface area contributed by atoms with Crippen LogP contribution in [0.15, 0.2) is 41.4 Å². The summed E-state index contributed by atoms with van der Waals surface area (Å²) in [6.45, 7) is 3.75. The van der Waals surface area contributed by atoms with Crippen molar-refractivity contribution in [3.63, 3.8) is 0 Å². The van der Waals surface area contributed by atoms with E-state index >= 15 is 0 Å². The number of hydrogen-bond acceptors (Lipinski definition) is 4. The molecule has 1 N–H and O–H groups in total. The Morgan fingerprint density at radius 3 is 2.68 bits per heavy atom. The fraction of sp³-hybridized carbons (Fsp3) is 0.235. The standard InChI is InChI=1S/C17H16ClFN2O3S/c1-17(2)21-16(11-4-6-13(18)14(19)8-11)12-5-3-10(7-15(12)24-17)9-20-25(22)23/h3-8,25H,9H2,1-2H3,(H,20,22,23). The predicted octanol–water partition coefficient (Wildman–Crippen LogP) is 3.06. The highest BCUT2D eigenvalue weighted by Crippen LogP contribution is 2.34. The Kier molecular flexibility index (Phi) is 4.81. The molecule has 5 nitrogen and oxygen atoms in total. The Morgan fingerprint density at radius 2 is 2.00 bits per heavy atom. The SMILES string of the molecule is CC1(C)N=C(c2ccc(Cl)c(F)c2)c2ccc(CN[SH](=O)=O)cc2O1. The minimum Gasteiger partial charge on any atom is -0.466 e. The highest BCUT2D eigenvalue weighted by Gasteiger charge is 2.29. The maximum absolute atomic E-state index is 13.9. The molecular weight excluding hydrogens is 367 g/mol. The average molecular weight is 383 g/mol. The summed E-state index contributed by atoms with van der Waals surface area (Å²) < 4.78 is 43.5. The monoisotopic (exact) mass is 382 g/mol. The minimum atomic E-state index is -2.67. The van der Waals surface area contributed by atoms with Gasteiger partial charge in [0.05, 0.1) is 10.7 Å². The number of nitrogens with zero attached hydrogens (tertiary/aromatic N) is 1. The van der Waals surface area contributed by atoms with Crippen LogP contribution in [0.3, 0.4) is 0 Å². The smallest absolute Gasteiger partial charge is 0.201 e. The molecule has 1 heterocycles. The van der Waals surface area contributed by atoms with Crippen molar-refractivity contribution in [2.75, 3.05) is 0 Å². The van der Waals surface area contributed by atoms with Crippen LogP contribution >= 0.6 is 11.6 Å². The Hall–Kier alpha value is -1.96. The van der Waals surface area contributed by atoms with E-state index in [2.05, 4.69) is 9.71 Å². The number of ether oxygens (including phenoxy) is 1. The molecule has 132 valence electrons. The number of hydrogen-bond donors (Lipinski definition) is 2. The number of benzene rings is 2. The zero-order valence-electron chi connectivity index (χ0n) is 13.5. The Labute approximate surface area is 151 Å². The molecule has 0 spiro atoms. The van der Waals surface area contributed by atoms with Gasteiger partial charge in [0.15, 0.2) is 5.72 Å². The first-order valence-corrected chi connectivity index (χ1v) is 9.06. The fourth-order valence-electron chi connectivity index (χ4n) is 2.60. The third-order valence-electron chi connectivity index (χ3n) is 3.65. The van der Waals surface area contributed by atoms with Crippen molar-refractivity contribution in [1.82, 2.24) is 4.72 Å². The summed E-state index contributed by atoms with van der Waals surface area (Å²) in [5.74, 6) is 0.0403. The van der Waals surface area contributed by atoms with Gasteiger partial charge in [-0.3, -0.25) is 0 Å². The second-order valence-electron chi connectivity index (χ2n) is 6.06. The van der Waals surface area contributed by atoms with Crippen LogP contribution in [0.1, 0.15) is 30.5 Å². The van der Waals surface area contributed by atoms with Gasteiger partial charge in [0.25, 0.3) is 0 Å². The highest BCUT2D eigenvalue weighted by atomic mass is 35.5. The lowest BCUT2D eigenvalue weighted by atomic mass is 9.97. The number of aliphatic imine (C=N–C) groups is 1. The predicted molar refractivity (Wildman–Crippen MR) is 95.4 cm³/mol. The summed E-state index contributed by atoms with van der Waals surface area (Å²) in [6.07, 6.45) is 0. The second-order valence-corrected chi connectivity index (χ2v) is 7.30. The van der Waals surface area contributed by atoms with Crippen molar-refractivity contribution in [2.45, 2.75) is 26.1 Å². The molecule has 0 radical (unpaired) electrons. The van der Waals surface area contributed by atoms with Crippen LogP contribution in [0.5, 0.6) is 5.75 Å². The van der Waals surface area contributed by atoms with Crippen LogP contribution < -0.4 is 9.46 Å². The average Bonchev–Trinajstić information content (AvgIpc) is 2.53. The molecule has 0 saturated heterocycles. The van der Waals surface area contributed by atoms with Gasteiger partial charge >= 0.3 is 0 Å². The van der Waals surface area contributed by atoms with Gasteiger partial charge in [0.1, 0.15) is 11.6 Å². The van der Waals surface area contributed by atoms with E-state index in [1.54, 1.807) is 38.1 Å². The van der Waals surface area contributed by atoms with Gasteiger partial charge < -0.3 is 4.74 Å². The summed E-state index contributed by atoms with van der Waals surface area (Å²) >= 11 is 5.76. The molecule has 1 aliphatic rings. The maximum atomic E-state index is 13.9. The molecule has 25 heavy (non-hydrogen) atoms. The van der Waals surface area contributed by atoms with E-state index in [-0.39, 0.29) is 11.6 Å². The zero-order chi connectivity index (χ0) is 18.2. The van der Waals surface area contributed by atoms with Crippen molar-refractivity contribution in [2.24, 2.45) is 4.99 Å². The van der Waals surface area contributed by atoms with Gasteiger partial charge in [-0.05, 0) is 43.7 Å². The Morgan fingerprint density at radius 1 is 1.24 bits per heavy atom. The molecule has 0 unspecified atom stereocenters. The molecule has 0 bridgehead atoms. The number of fused-ring (bicyclic) bond motifs is 1. The molecule has 0 aliphatic carbocycles. The Bertz CT molecular complexity index is 933. The second kappa shape index (κ2) is 6.74. The lowest BCUT2D eigenvalue weighted by Gasteiger charge is -2.30. The van der Waals surface area contributed by atoms with E-state index in [4.69, 9.17) is 16.3 Å². The van der Waals surface area contributed by atoms with E-state index in [0.717, 1.165) is 5.56 Å². The lowest BCUT2D eigenvalue weighted by Crippen LogP contribution is -2.32. The van der Waals surface area contributed by atoms with Crippen LogP contribution in [-0.2, 0) is 17.4 Å². The molecule has 0 aromatic heterocycles. The maximum Gasteiger partial charge on any atom is 0.201 e. The van der Waals surface area contributed by atoms with Crippen LogP contribution in [0.2, 0.25) is 5.02 Å². The van der Waals surface area contributed by atoms with E-state index in [0.29, 0.717) is 22.6 Å². The highest BCUT2D eigenvalue weighted by molar-refractivity contribution is 7.70. The van der Waals surface area contributed by atoms with Crippen molar-refractivity contribution in [3.05, 3.63) is 63.9 Å². The Balaban J connectivity index is 2.05. The van der Waals surface area contributed by atoms with Gasteiger partial charge in [-0.2, -0.15) is 0 Å². The molecule has 2 aromatic carbocycles. The van der Waals surface area contributed by atoms with Gasteiger partial charge in [-0.15, -0.1) is 0 Å². The summed E-state index contributed by atoms with van der Waals surface area (Å²) in [4.78, 5) is 4.57. The van der Waals surface area contributed by atoms with E-state index < -0.39 is 22.4 Å². The largest absolute Gasteiger partial charge is 0.466 e. The minimum absolute atomic E-state index is 0.0454. The quantitative estimate of drug-likeness (QED) is 0.798. The molecule has 8 heteroatoms. The molecule has 1 aliphatic heterocycles. The summed E-state index contributed by atoms with van der Waals surface area (Å²) in [6, 6.07) is 9.83. The first-order chi connectivity index (χ1) is 11.7. The number of nitrogens with one attached hydrogen (secondary N) is 1. The number of thiol groups is 1. The molecule has 0 amide bonds. The van der Waals surface area contributed by atoms with Gasteiger partial charge in [0.2, 0.25) is 10.9 Å². The van der Waals surface area contributed by atoms with Crippen LogP contribution in [0.4, 0.5) is 4.39 Å². The van der Waals surface area contributed by atoms with E-state index in [1.165, 1.54) is 12.1 Å². The van der Waals surface area contributed by atoms with E-state index in [1.807, 2.05) is 0 Å². The van der Waals surface area contributed by atoms with E-state index in [9.17, 15) is 12.8 Å². The molecule has 2 aromatic rings. The van der Waals surface area contributed by atoms with Gasteiger partial charge in [0, 0.05) is 17.7 Å². The zero-order valence-corrected chi connectivity index (χ0v) is 15.2. The molecule has 0 saturated carbocycles. The normalized spacial score (nSPS) is 15.5. The first-order valence-electron chi connectivity index (χ1n) is 7.51. The van der Waals surface area contributed by atoms with Crippen LogP contribution in [-0.4, -0.2) is 19.9 Å². The third-order valence-corrected chi connectivity index (χ3v) is 4.37. The van der Waals surface area contributed by atoms with Crippen molar-refractivity contribution in [3.8, 4) is 5.75 Å². The van der Waals surface area contributed by atoms with Crippen molar-refractivity contribution < 1.29 is 17.5 Å².